The number of rotatable bonds is 5. The van der Waals surface area contributed by atoms with Crippen LogP contribution in [0.4, 0.5) is 0 Å². The second-order valence-corrected chi connectivity index (χ2v) is 8.29. The molecular formula is C17H20ClN3O4S. The van der Waals surface area contributed by atoms with Crippen LogP contribution in [0.25, 0.3) is 0 Å². The molecule has 0 aliphatic carbocycles. The third-order valence-electron chi connectivity index (χ3n) is 4.47. The lowest BCUT2D eigenvalue weighted by Crippen LogP contribution is -2.49. The number of ether oxygens (including phenoxy) is 1. The van der Waals surface area contributed by atoms with Crippen LogP contribution in [0.3, 0.4) is 0 Å². The predicted octanol–water partition coefficient (Wildman–Crippen LogP) is 2.69. The van der Waals surface area contributed by atoms with Crippen molar-refractivity contribution in [1.29, 1.82) is 0 Å². The van der Waals surface area contributed by atoms with Gasteiger partial charge in [-0.05, 0) is 37.6 Å². The first kappa shape index (κ1) is 18.9. The van der Waals surface area contributed by atoms with Crippen LogP contribution in [0.15, 0.2) is 35.4 Å². The number of benzene rings is 1. The summed E-state index contributed by atoms with van der Waals surface area (Å²) >= 11 is 5.88. The minimum absolute atomic E-state index is 0.0848. The summed E-state index contributed by atoms with van der Waals surface area (Å²) in [6, 6.07) is 4.46. The molecule has 0 fully saturated rings. The molecule has 3 rings (SSSR count). The number of hydrogen-bond donors (Lipinski definition) is 1. The molecule has 2 atom stereocenters. The summed E-state index contributed by atoms with van der Waals surface area (Å²) in [4.78, 5) is 12.8. The van der Waals surface area contributed by atoms with Gasteiger partial charge in [0.15, 0.2) is 6.04 Å². The van der Waals surface area contributed by atoms with E-state index in [1.165, 1.54) is 34.8 Å². The van der Waals surface area contributed by atoms with E-state index in [4.69, 9.17) is 16.3 Å². The Morgan fingerprint density at radius 3 is 2.65 bits per heavy atom. The summed E-state index contributed by atoms with van der Waals surface area (Å²) < 4.78 is 33.2. The molecule has 0 bridgehead atoms. The maximum atomic E-state index is 13.4. The quantitative estimate of drug-likeness (QED) is 0.783. The molecule has 0 spiro atoms. The van der Waals surface area contributed by atoms with E-state index in [9.17, 15) is 13.2 Å². The second-order valence-electron chi connectivity index (χ2n) is 6.01. The van der Waals surface area contributed by atoms with Crippen molar-refractivity contribution in [1.82, 2.24) is 14.5 Å². The lowest BCUT2D eigenvalue weighted by atomic mass is 9.95. The average Bonchev–Trinajstić information content (AvgIpc) is 3.08. The van der Waals surface area contributed by atoms with E-state index >= 15 is 0 Å². The molecule has 1 aromatic carbocycles. The number of carbonyl (C=O) groups excluding carboxylic acids is 1. The van der Waals surface area contributed by atoms with Gasteiger partial charge in [-0.15, -0.1) is 0 Å². The summed E-state index contributed by atoms with van der Waals surface area (Å²) in [5, 5.41) is 7.30. The SMILES string of the molecule is CCOC(=O)C1c2cn[nH]c2CC(CC)N1S(=O)(=O)c1ccc(Cl)cc1. The summed E-state index contributed by atoms with van der Waals surface area (Å²) in [5.74, 6) is -0.606. The van der Waals surface area contributed by atoms with Gasteiger partial charge in [0.2, 0.25) is 10.0 Å². The minimum atomic E-state index is -3.94. The largest absolute Gasteiger partial charge is 0.465 e. The molecule has 0 saturated carbocycles. The molecule has 0 radical (unpaired) electrons. The molecule has 2 unspecified atom stereocenters. The summed E-state index contributed by atoms with van der Waals surface area (Å²) in [7, 11) is -3.94. The zero-order valence-electron chi connectivity index (χ0n) is 14.5. The maximum Gasteiger partial charge on any atom is 0.329 e. The van der Waals surface area contributed by atoms with Gasteiger partial charge in [-0.1, -0.05) is 18.5 Å². The van der Waals surface area contributed by atoms with Crippen LogP contribution < -0.4 is 0 Å². The summed E-state index contributed by atoms with van der Waals surface area (Å²) in [5.41, 5.74) is 1.29. The third kappa shape index (κ3) is 3.24. The molecular weight excluding hydrogens is 378 g/mol. The van der Waals surface area contributed by atoms with Gasteiger partial charge in [-0.2, -0.15) is 9.40 Å². The number of hydrogen-bond acceptors (Lipinski definition) is 5. The van der Waals surface area contributed by atoms with Crippen LogP contribution in [-0.4, -0.2) is 41.5 Å². The van der Waals surface area contributed by atoms with Gasteiger partial charge in [0.25, 0.3) is 0 Å². The first-order valence-electron chi connectivity index (χ1n) is 8.38. The molecule has 26 heavy (non-hydrogen) atoms. The molecule has 1 N–H and O–H groups in total. The fourth-order valence-corrected chi connectivity index (χ4v) is 5.18. The Balaban J connectivity index is 2.14. The molecule has 1 aliphatic heterocycles. The number of halogens is 1. The van der Waals surface area contributed by atoms with Gasteiger partial charge in [0.1, 0.15) is 0 Å². The van der Waals surface area contributed by atoms with Crippen LogP contribution in [0, 0.1) is 0 Å². The molecule has 0 amide bonds. The lowest BCUT2D eigenvalue weighted by Gasteiger charge is -2.38. The summed E-state index contributed by atoms with van der Waals surface area (Å²) in [6.45, 7) is 3.74. The van der Waals surface area contributed by atoms with E-state index in [0.717, 1.165) is 5.69 Å². The predicted molar refractivity (Wildman–Crippen MR) is 96.2 cm³/mol. The van der Waals surface area contributed by atoms with Crippen molar-refractivity contribution >= 4 is 27.6 Å². The van der Waals surface area contributed by atoms with E-state index in [2.05, 4.69) is 10.2 Å². The van der Waals surface area contributed by atoms with Crippen molar-refractivity contribution in [3.8, 4) is 0 Å². The van der Waals surface area contributed by atoms with Crippen LogP contribution in [0.2, 0.25) is 5.02 Å². The van der Waals surface area contributed by atoms with Crippen LogP contribution in [-0.2, 0) is 26.0 Å². The van der Waals surface area contributed by atoms with Gasteiger partial charge in [0.05, 0.1) is 17.7 Å². The van der Waals surface area contributed by atoms with Crippen molar-refractivity contribution < 1.29 is 17.9 Å². The van der Waals surface area contributed by atoms with Gasteiger partial charge in [0, 0.05) is 28.7 Å². The molecule has 2 heterocycles. The summed E-state index contributed by atoms with van der Waals surface area (Å²) in [6.07, 6.45) is 2.49. The number of aromatic amines is 1. The minimum Gasteiger partial charge on any atom is -0.465 e. The Hall–Kier alpha value is -1.90. The number of esters is 1. The smallest absolute Gasteiger partial charge is 0.329 e. The molecule has 2 aromatic rings. The van der Waals surface area contributed by atoms with Crippen LogP contribution in [0.1, 0.15) is 37.6 Å². The molecule has 1 aromatic heterocycles. The second kappa shape index (κ2) is 7.38. The number of nitrogens with zero attached hydrogens (tertiary/aromatic N) is 2. The normalized spacial score (nSPS) is 20.6. The molecule has 140 valence electrons. The van der Waals surface area contributed by atoms with Crippen molar-refractivity contribution in [2.24, 2.45) is 0 Å². The fraction of sp³-hybridized carbons (Fsp3) is 0.412. The van der Waals surface area contributed by atoms with Crippen LogP contribution >= 0.6 is 11.6 Å². The van der Waals surface area contributed by atoms with Crippen molar-refractivity contribution in [2.45, 2.75) is 43.7 Å². The number of sulfonamides is 1. The zero-order valence-corrected chi connectivity index (χ0v) is 16.0. The maximum absolute atomic E-state index is 13.4. The van der Waals surface area contributed by atoms with E-state index in [1.807, 2.05) is 6.92 Å². The first-order chi connectivity index (χ1) is 12.4. The fourth-order valence-electron chi connectivity index (χ4n) is 3.23. The highest BCUT2D eigenvalue weighted by molar-refractivity contribution is 7.89. The molecule has 7 nitrogen and oxygen atoms in total. The molecule has 9 heteroatoms. The number of aromatic nitrogens is 2. The van der Waals surface area contributed by atoms with Crippen molar-refractivity contribution in [3.05, 3.63) is 46.7 Å². The Morgan fingerprint density at radius 1 is 1.35 bits per heavy atom. The van der Waals surface area contributed by atoms with E-state index in [-0.39, 0.29) is 11.5 Å². The highest BCUT2D eigenvalue weighted by atomic mass is 35.5. The Bertz CT molecular complexity index is 895. The van der Waals surface area contributed by atoms with Gasteiger partial charge >= 0.3 is 5.97 Å². The highest BCUT2D eigenvalue weighted by Gasteiger charge is 2.46. The number of H-pyrrole nitrogens is 1. The standard InChI is InChI=1S/C17H20ClN3O4S/c1-3-12-9-15-14(10-19-20-15)16(17(22)25-4-2)21(12)26(23,24)13-7-5-11(18)6-8-13/h5-8,10,12,16H,3-4,9H2,1-2H3,(H,19,20). The number of carbonyl (C=O) groups is 1. The van der Waals surface area contributed by atoms with Crippen LogP contribution in [0.5, 0.6) is 0 Å². The molecule has 0 saturated heterocycles. The van der Waals surface area contributed by atoms with Gasteiger partial charge in [-0.25, -0.2) is 13.2 Å². The number of nitrogens with one attached hydrogen (secondary N) is 1. The monoisotopic (exact) mass is 397 g/mol. The highest BCUT2D eigenvalue weighted by Crippen LogP contribution is 2.38. The van der Waals surface area contributed by atoms with Crippen molar-refractivity contribution in [3.63, 3.8) is 0 Å². The first-order valence-corrected chi connectivity index (χ1v) is 10.2. The Kier molecular flexibility index (Phi) is 5.36. The van der Waals surface area contributed by atoms with Crippen molar-refractivity contribution in [2.75, 3.05) is 6.61 Å². The van der Waals surface area contributed by atoms with E-state index in [0.29, 0.717) is 23.4 Å². The van der Waals surface area contributed by atoms with Gasteiger partial charge in [-0.3, -0.25) is 5.10 Å². The topological polar surface area (TPSA) is 92.4 Å². The Morgan fingerprint density at radius 2 is 2.04 bits per heavy atom. The zero-order chi connectivity index (χ0) is 18.9. The average molecular weight is 398 g/mol. The third-order valence-corrected chi connectivity index (χ3v) is 6.65. The Labute approximate surface area is 157 Å². The number of fused-ring (bicyclic) bond motifs is 1. The lowest BCUT2D eigenvalue weighted by molar-refractivity contribution is -0.149. The molecule has 1 aliphatic rings. The van der Waals surface area contributed by atoms with Gasteiger partial charge < -0.3 is 4.74 Å². The van der Waals surface area contributed by atoms with E-state index in [1.54, 1.807) is 6.92 Å². The van der Waals surface area contributed by atoms with E-state index < -0.39 is 28.1 Å².